The van der Waals surface area contributed by atoms with Gasteiger partial charge in [-0.1, -0.05) is 0 Å². The van der Waals surface area contributed by atoms with Crippen molar-refractivity contribution in [1.82, 2.24) is 0 Å². The molecule has 0 aliphatic heterocycles. The third-order valence-electron chi connectivity index (χ3n) is 1.25. The summed E-state index contributed by atoms with van der Waals surface area (Å²) >= 11 is 0. The predicted molar refractivity (Wildman–Crippen MR) is 55.7 cm³/mol. The van der Waals surface area contributed by atoms with Crippen LogP contribution in [0.3, 0.4) is 0 Å². The summed E-state index contributed by atoms with van der Waals surface area (Å²) in [4.78, 5) is 22.6. The Morgan fingerprint density at radius 3 is 1.33 bits per heavy atom. The Hall–Kier alpha value is -1.08. The van der Waals surface area contributed by atoms with Crippen LogP contribution < -0.4 is 0 Å². The van der Waals surface area contributed by atoms with E-state index in [0.29, 0.717) is 0 Å². The van der Waals surface area contributed by atoms with Gasteiger partial charge in [0.2, 0.25) is 0 Å². The first kappa shape index (κ1) is 19.3. The van der Waals surface area contributed by atoms with Crippen LogP contribution in [0.2, 0.25) is 0 Å². The lowest BCUT2D eigenvalue weighted by Crippen LogP contribution is -2.45. The fraction of sp³-hybridized carbons (Fsp3) is 1.00. The van der Waals surface area contributed by atoms with Crippen LogP contribution in [-0.4, -0.2) is 72.1 Å². The standard InChI is InChI=1S/C7H18NO6.NO3/c1-8(12-5-2-9,13-6-3-10)14-7-4-11;2-1(3)4/h9-11H,2-7H2,1H3;/q+1;-1. The molecular weight excluding hydrogens is 256 g/mol. The molecule has 0 heterocycles. The molecule has 0 aliphatic rings. The van der Waals surface area contributed by atoms with E-state index < -0.39 is 10.1 Å². The van der Waals surface area contributed by atoms with Crippen LogP contribution in [0, 0.1) is 15.3 Å². The van der Waals surface area contributed by atoms with Gasteiger partial charge in [-0.05, 0) is 0 Å². The highest BCUT2D eigenvalue weighted by Crippen LogP contribution is 2.06. The average molecular weight is 274 g/mol. The van der Waals surface area contributed by atoms with Gasteiger partial charge in [-0.3, -0.25) is 0 Å². The van der Waals surface area contributed by atoms with Gasteiger partial charge in [-0.15, -0.1) is 14.5 Å². The second-order valence-corrected chi connectivity index (χ2v) is 2.67. The second kappa shape index (κ2) is 12.4. The maximum absolute atomic E-state index is 8.54. The molecule has 3 N–H and O–H groups in total. The van der Waals surface area contributed by atoms with E-state index in [0.717, 1.165) is 0 Å². The number of hydrogen-bond acceptors (Lipinski definition) is 9. The molecule has 0 amide bonds. The zero-order chi connectivity index (χ0) is 14.4. The van der Waals surface area contributed by atoms with E-state index in [1.165, 1.54) is 7.05 Å². The minimum atomic E-state index is -1.75. The molecule has 18 heavy (non-hydrogen) atoms. The van der Waals surface area contributed by atoms with Crippen LogP contribution in [0.15, 0.2) is 0 Å². The van der Waals surface area contributed by atoms with E-state index in [1.807, 2.05) is 0 Å². The van der Waals surface area contributed by atoms with Crippen molar-refractivity contribution >= 4 is 0 Å². The number of aliphatic hydroxyl groups is 3. The summed E-state index contributed by atoms with van der Waals surface area (Å²) in [6.45, 7) is -0.398. The van der Waals surface area contributed by atoms with Gasteiger partial charge in [0.25, 0.3) is 0 Å². The third-order valence-corrected chi connectivity index (χ3v) is 1.25. The molecule has 0 radical (unpaired) electrons. The van der Waals surface area contributed by atoms with Crippen molar-refractivity contribution in [3.63, 3.8) is 0 Å². The Morgan fingerprint density at radius 1 is 0.944 bits per heavy atom. The molecule has 0 aromatic carbocycles. The fourth-order valence-corrected chi connectivity index (χ4v) is 0.732. The molecule has 11 nitrogen and oxygen atoms in total. The molecule has 0 saturated carbocycles. The van der Waals surface area contributed by atoms with Gasteiger partial charge >= 0.3 is 0 Å². The van der Waals surface area contributed by atoms with Crippen molar-refractivity contribution in [2.45, 2.75) is 0 Å². The highest BCUT2D eigenvalue weighted by atomic mass is 17.2. The summed E-state index contributed by atoms with van der Waals surface area (Å²) in [5, 5.41) is 40.4. The lowest BCUT2D eigenvalue weighted by molar-refractivity contribution is -1.36. The van der Waals surface area contributed by atoms with Crippen molar-refractivity contribution in [2.24, 2.45) is 0 Å². The highest BCUT2D eigenvalue weighted by Gasteiger charge is 2.27. The van der Waals surface area contributed by atoms with E-state index in [9.17, 15) is 0 Å². The van der Waals surface area contributed by atoms with E-state index in [1.54, 1.807) is 0 Å². The van der Waals surface area contributed by atoms with Crippen molar-refractivity contribution in [3.8, 4) is 0 Å². The zero-order valence-corrected chi connectivity index (χ0v) is 9.93. The first-order valence-corrected chi connectivity index (χ1v) is 4.86. The Morgan fingerprint density at radius 2 is 1.17 bits per heavy atom. The van der Waals surface area contributed by atoms with Crippen molar-refractivity contribution in [2.75, 3.05) is 46.7 Å². The summed E-state index contributed by atoms with van der Waals surface area (Å²) in [6, 6.07) is 0. The van der Waals surface area contributed by atoms with Crippen molar-refractivity contribution in [1.29, 1.82) is 0 Å². The highest BCUT2D eigenvalue weighted by molar-refractivity contribution is 4.15. The van der Waals surface area contributed by atoms with Gasteiger partial charge < -0.3 is 30.6 Å². The number of quaternary nitrogens is 1. The van der Waals surface area contributed by atoms with Crippen LogP contribution in [0.4, 0.5) is 0 Å². The Labute approximate surface area is 103 Å². The summed E-state index contributed by atoms with van der Waals surface area (Å²) in [7, 11) is 1.45. The van der Waals surface area contributed by atoms with Crippen LogP contribution in [0.1, 0.15) is 0 Å². The summed E-state index contributed by atoms with van der Waals surface area (Å²) in [6.07, 6.45) is 0. The fourth-order valence-electron chi connectivity index (χ4n) is 0.732. The van der Waals surface area contributed by atoms with Crippen molar-refractivity contribution < 1.29 is 39.9 Å². The van der Waals surface area contributed by atoms with E-state index in [2.05, 4.69) is 0 Å². The molecule has 0 aromatic heterocycles. The Kier molecular flexibility index (Phi) is 13.2. The summed E-state index contributed by atoms with van der Waals surface area (Å²) in [5.74, 6) is 0. The average Bonchev–Trinajstić information content (AvgIpc) is 2.31. The van der Waals surface area contributed by atoms with Gasteiger partial charge in [-0.2, -0.15) is 0 Å². The number of hydrogen-bond donors (Lipinski definition) is 3. The van der Waals surface area contributed by atoms with Gasteiger partial charge in [0.15, 0.2) is 7.05 Å². The third kappa shape index (κ3) is 14.9. The second-order valence-electron chi connectivity index (χ2n) is 2.67. The SMILES string of the molecule is C[N+](OCCO)(OCCO)OCCO.O=[N+]([O-])[O-]. The summed E-state index contributed by atoms with van der Waals surface area (Å²) < 4.78 is 0. The van der Waals surface area contributed by atoms with Gasteiger partial charge in [0.1, 0.15) is 19.8 Å². The maximum Gasteiger partial charge on any atom is 0.168 e. The number of rotatable bonds is 9. The van der Waals surface area contributed by atoms with E-state index >= 15 is 0 Å². The largest absolute Gasteiger partial charge is 0.394 e. The molecule has 0 unspecified atom stereocenters. The molecule has 0 aliphatic carbocycles. The van der Waals surface area contributed by atoms with Gasteiger partial charge in [0, 0.05) is 0 Å². The molecule has 0 aromatic rings. The zero-order valence-electron chi connectivity index (χ0n) is 9.93. The van der Waals surface area contributed by atoms with Crippen LogP contribution in [0.25, 0.3) is 0 Å². The number of aliphatic hydroxyl groups excluding tert-OH is 3. The molecule has 0 saturated heterocycles. The number of nitrogens with zero attached hydrogens (tertiary/aromatic N) is 2. The predicted octanol–water partition coefficient (Wildman–Crippen LogP) is -2.03. The van der Waals surface area contributed by atoms with Gasteiger partial charge in [-0.25, -0.2) is 0 Å². The van der Waals surface area contributed by atoms with Crippen LogP contribution in [-0.2, 0) is 14.5 Å². The smallest absolute Gasteiger partial charge is 0.168 e. The monoisotopic (exact) mass is 274 g/mol. The molecule has 0 rings (SSSR count). The molecule has 0 fully saturated rings. The molecular formula is C7H18N2O9. The van der Waals surface area contributed by atoms with Crippen LogP contribution >= 0.6 is 0 Å². The molecule has 0 spiro atoms. The van der Waals surface area contributed by atoms with Crippen LogP contribution in [0.5, 0.6) is 0 Å². The van der Waals surface area contributed by atoms with Gasteiger partial charge in [0.05, 0.1) is 29.9 Å². The molecule has 0 atom stereocenters. The Balaban J connectivity index is 0. The molecule has 11 heteroatoms. The number of hydroxylamine groups is 3. The first-order valence-electron chi connectivity index (χ1n) is 4.86. The maximum atomic E-state index is 8.54. The first-order chi connectivity index (χ1) is 8.41. The van der Waals surface area contributed by atoms with Crippen molar-refractivity contribution in [3.05, 3.63) is 15.3 Å². The minimum absolute atomic E-state index is 0.0351. The minimum Gasteiger partial charge on any atom is -0.394 e. The normalized spacial score (nSPS) is 10.7. The quantitative estimate of drug-likeness (QED) is 0.245. The summed E-state index contributed by atoms with van der Waals surface area (Å²) in [5.41, 5.74) is 0. The lowest BCUT2D eigenvalue weighted by atomic mass is 10.8. The molecule has 110 valence electrons. The Bertz CT molecular complexity index is 178. The topological polar surface area (TPSA) is 155 Å². The molecule has 0 bridgehead atoms. The lowest BCUT2D eigenvalue weighted by Gasteiger charge is -2.24. The van der Waals surface area contributed by atoms with E-state index in [-0.39, 0.29) is 39.6 Å². The van der Waals surface area contributed by atoms with E-state index in [4.69, 9.17) is 45.2 Å².